The van der Waals surface area contributed by atoms with Gasteiger partial charge in [-0.3, -0.25) is 0 Å². The number of hydrogen-bond donors (Lipinski definition) is 0. The summed E-state index contributed by atoms with van der Waals surface area (Å²) in [5.41, 5.74) is 18.2. The van der Waals surface area contributed by atoms with Crippen molar-refractivity contribution in [2.45, 2.75) is 26.2 Å². The van der Waals surface area contributed by atoms with Crippen LogP contribution in [0.25, 0.3) is 72.1 Å². The Labute approximate surface area is 505 Å². The van der Waals surface area contributed by atoms with Gasteiger partial charge in [0.1, 0.15) is 5.82 Å². The second-order valence-corrected chi connectivity index (χ2v) is 31.1. The molecule has 5 aliphatic heterocycles. The van der Waals surface area contributed by atoms with Crippen molar-refractivity contribution in [1.29, 1.82) is 0 Å². The molecule has 84 heavy (non-hydrogen) atoms. The van der Waals surface area contributed by atoms with Gasteiger partial charge < -0.3 is 19.1 Å². The van der Waals surface area contributed by atoms with E-state index in [0.29, 0.717) is 11.5 Å². The van der Waals surface area contributed by atoms with Crippen LogP contribution in [0.3, 0.4) is 0 Å². The van der Waals surface area contributed by atoms with E-state index in [4.69, 9.17) is 9.72 Å². The van der Waals surface area contributed by atoms with Gasteiger partial charge in [0.25, 0.3) is 0 Å². The molecule has 0 unspecified atom stereocenters. The summed E-state index contributed by atoms with van der Waals surface area (Å²) < 4.78 is 9.10. The van der Waals surface area contributed by atoms with Gasteiger partial charge in [-0.25, -0.2) is 4.98 Å². The Bertz CT molecular complexity index is 4720. The number of fused-ring (bicyclic) bond motifs is 24. The van der Waals surface area contributed by atoms with Crippen molar-refractivity contribution in [2.75, 3.05) is 9.80 Å². The number of nitrogens with zero attached hydrogens (tertiary/aromatic N) is 4. The zero-order chi connectivity index (χ0) is 54.9. The molecule has 0 N–H and O–H groups in total. The second kappa shape index (κ2) is 18.0. The van der Waals surface area contributed by atoms with Gasteiger partial charge >= 0.3 is 0 Å². The van der Waals surface area contributed by atoms with Crippen molar-refractivity contribution < 1.29 is 25.8 Å². The minimum Gasteiger partial charge on any atom is -0.509 e. The van der Waals surface area contributed by atoms with E-state index in [9.17, 15) is 0 Å². The molecule has 11 aromatic carbocycles. The number of aromatic nitrogens is 2. The number of para-hydroxylation sites is 3. The van der Waals surface area contributed by atoms with E-state index in [1.165, 1.54) is 97.3 Å². The molecule has 18 rings (SSSR count). The van der Waals surface area contributed by atoms with E-state index < -0.39 is 16.1 Å². The van der Waals surface area contributed by atoms with Gasteiger partial charge in [0.2, 0.25) is 0 Å². The van der Waals surface area contributed by atoms with Crippen molar-refractivity contribution in [3.8, 4) is 61.8 Å². The molecule has 402 valence electrons. The summed E-state index contributed by atoms with van der Waals surface area (Å²) >= 11 is 0. The number of hydrogen-bond acceptors (Lipinski definition) is 4. The molecule has 2 aromatic heterocycles. The predicted octanol–water partition coefficient (Wildman–Crippen LogP) is 13.0. The third-order valence-corrected chi connectivity index (χ3v) is 28.6. The molecule has 5 nitrogen and oxygen atoms in total. The van der Waals surface area contributed by atoms with Crippen molar-refractivity contribution in [1.82, 2.24) is 9.55 Å². The third kappa shape index (κ3) is 6.44. The molecule has 0 atom stereocenters. The molecule has 0 fully saturated rings. The van der Waals surface area contributed by atoms with Crippen LogP contribution in [0.1, 0.15) is 26.3 Å². The number of benzene rings is 11. The fraction of sp³-hybridized carbons (Fsp3) is 0.0526. The monoisotopic (exact) mass is 1290 g/mol. The fourth-order valence-electron chi connectivity index (χ4n) is 15.4. The average Bonchev–Trinajstić information content (AvgIpc) is 1.60. The van der Waals surface area contributed by atoms with Crippen LogP contribution in [-0.2, 0) is 26.5 Å². The average molecular weight is 1290 g/mol. The summed E-state index contributed by atoms with van der Waals surface area (Å²) in [5.74, 6) is 2.05. The summed E-state index contributed by atoms with van der Waals surface area (Å²) in [4.78, 5) is 9.79. The first kappa shape index (κ1) is 49.5. The second-order valence-electron chi connectivity index (χ2n) is 23.8. The van der Waals surface area contributed by atoms with Crippen molar-refractivity contribution in [3.05, 3.63) is 273 Å². The van der Waals surface area contributed by atoms with Crippen LogP contribution in [0, 0.1) is 18.8 Å². The molecule has 0 bridgehead atoms. The topological polar surface area (TPSA) is 33.5 Å². The first-order valence-electron chi connectivity index (χ1n) is 28.8. The number of pyridine rings is 1. The summed E-state index contributed by atoms with van der Waals surface area (Å²) in [5, 5.41) is 14.0. The summed E-state index contributed by atoms with van der Waals surface area (Å²) in [7, 11) is -5.94. The summed E-state index contributed by atoms with van der Waals surface area (Å²) in [6.07, 6.45) is 1.92. The first-order chi connectivity index (χ1) is 40.8. The predicted molar refractivity (Wildman–Crippen MR) is 346 cm³/mol. The van der Waals surface area contributed by atoms with E-state index in [0.717, 1.165) is 44.7 Å². The van der Waals surface area contributed by atoms with E-state index in [2.05, 4.69) is 284 Å². The number of rotatable bonds is 5. The van der Waals surface area contributed by atoms with Crippen LogP contribution < -0.4 is 56.0 Å². The maximum Gasteiger partial charge on any atom is 0.182 e. The summed E-state index contributed by atoms with van der Waals surface area (Å²) in [6.45, 7) is 9.06. The quantitative estimate of drug-likeness (QED) is 0.127. The van der Waals surface area contributed by atoms with Gasteiger partial charge in [0, 0.05) is 72.5 Å². The van der Waals surface area contributed by atoms with Gasteiger partial charge in [-0.1, -0.05) is 208 Å². The molecular formula is C76H51N4OPtSi2-3. The van der Waals surface area contributed by atoms with Gasteiger partial charge in [-0.2, -0.15) is 12.1 Å². The largest absolute Gasteiger partial charge is 0.509 e. The van der Waals surface area contributed by atoms with Crippen molar-refractivity contribution in [3.63, 3.8) is 0 Å². The normalized spacial score (nSPS) is 14.6. The third-order valence-electron chi connectivity index (χ3n) is 18.7. The standard InChI is InChI=1S/C76H51N4OSi2.Pt/c1-76(2,3)48-41-42-77-72(43-48)80-60-30-11-4-23-52(60)53-40-39-51(45-63(53)80)81-50-22-20-21-49(44-50)78-47-79(62-32-13-12-31-61(62)78)75-73-58-28-9-18-37-68(58)82(64-33-14-5-24-54(64)55-25-6-15-34-65(55)82)70(73)46-71-74(75)59-29-10-19-38-69(59)83(71)66-35-16-7-26-56(66)57-27-8-17-36-67(57)83;/h4-43,46-47H,1-3H3;/q-3;. The van der Waals surface area contributed by atoms with Gasteiger partial charge in [0.05, 0.1) is 0 Å². The van der Waals surface area contributed by atoms with Crippen molar-refractivity contribution in [2.24, 2.45) is 0 Å². The van der Waals surface area contributed by atoms with Crippen LogP contribution in [0.4, 0.5) is 22.7 Å². The van der Waals surface area contributed by atoms with E-state index >= 15 is 0 Å². The van der Waals surface area contributed by atoms with Crippen molar-refractivity contribution >= 4 is 102 Å². The Morgan fingerprint density at radius 3 is 1.46 bits per heavy atom. The maximum atomic E-state index is 6.88. The molecule has 0 saturated heterocycles. The first-order valence-corrected chi connectivity index (χ1v) is 32.8. The van der Waals surface area contributed by atoms with Crippen LogP contribution in [-0.4, -0.2) is 25.7 Å². The Morgan fingerprint density at radius 1 is 0.429 bits per heavy atom. The minimum atomic E-state index is -2.97. The zero-order valence-corrected chi connectivity index (χ0v) is 50.5. The molecule has 0 amide bonds. The van der Waals surface area contributed by atoms with Crippen LogP contribution in [0.2, 0.25) is 0 Å². The Balaban J connectivity index is 0.00000556. The number of ether oxygens (including phenoxy) is 1. The zero-order valence-electron chi connectivity index (χ0n) is 46.3. The number of anilines is 4. The van der Waals surface area contributed by atoms with Gasteiger partial charge in [-0.15, -0.1) is 48.1 Å². The molecule has 2 spiro atoms. The molecule has 13 aromatic rings. The van der Waals surface area contributed by atoms with Crippen LogP contribution in [0.5, 0.6) is 11.5 Å². The summed E-state index contributed by atoms with van der Waals surface area (Å²) in [6, 6.07) is 98.7. The Kier molecular flexibility index (Phi) is 10.6. The molecule has 0 aliphatic carbocycles. The van der Waals surface area contributed by atoms with E-state index in [1.54, 1.807) is 0 Å². The van der Waals surface area contributed by atoms with Gasteiger partial charge in [0.15, 0.2) is 16.1 Å². The van der Waals surface area contributed by atoms with E-state index in [-0.39, 0.29) is 26.5 Å². The molecule has 5 aliphatic rings. The molecule has 8 heteroatoms. The fourth-order valence-corrected chi connectivity index (χ4v) is 26.8. The van der Waals surface area contributed by atoms with E-state index in [1.807, 2.05) is 18.3 Å². The minimum absolute atomic E-state index is 0. The Morgan fingerprint density at radius 2 is 0.905 bits per heavy atom. The maximum absolute atomic E-state index is 6.88. The SMILES string of the molecule is CC(C)(C)c1ccnc(-n2c3[c-]c(Oc4[c-]c(N5[CH-]N(c6c7c(cc8c6-c6ccccc6[Si]86c8ccccc8-c8ccccc86)[Si]6(c8ccccc8-c8ccccc86)c6ccccc6-7)c6ccccc65)ccc4)ccc3c3ccccc32)c1.[Pt]. The smallest absolute Gasteiger partial charge is 0.182 e. The molecular weight excluding hydrogens is 1240 g/mol. The molecule has 0 radical (unpaired) electrons. The van der Waals surface area contributed by atoms with Crippen LogP contribution in [0.15, 0.2) is 249 Å². The molecule has 7 heterocycles. The van der Waals surface area contributed by atoms with Crippen LogP contribution >= 0.6 is 0 Å². The van der Waals surface area contributed by atoms with Gasteiger partial charge in [-0.05, 0) is 122 Å². The molecule has 0 saturated carbocycles. The Hall–Kier alpha value is -9.11.